The lowest BCUT2D eigenvalue weighted by Crippen LogP contribution is -2.52. The van der Waals surface area contributed by atoms with E-state index in [1.165, 1.54) is 6.08 Å². The molecular weight excluding hydrogens is 292 g/mol. The van der Waals surface area contributed by atoms with Crippen LogP contribution in [0.25, 0.3) is 0 Å². The maximum Gasteiger partial charge on any atom is 0.328 e. The molecule has 2 N–H and O–H groups in total. The molecule has 0 aromatic rings. The molecule has 4 atom stereocenters. The molecule has 2 fully saturated rings. The molecule has 0 radical (unpaired) electrons. The molecule has 2 aliphatic carbocycles. The van der Waals surface area contributed by atoms with Crippen molar-refractivity contribution in [3.05, 3.63) is 11.6 Å². The van der Waals surface area contributed by atoms with Crippen LogP contribution in [0.15, 0.2) is 11.6 Å². The predicted molar refractivity (Wildman–Crippen MR) is 89.2 cm³/mol. The van der Waals surface area contributed by atoms with Gasteiger partial charge < -0.3 is 10.2 Å². The van der Waals surface area contributed by atoms with E-state index in [4.69, 9.17) is 5.11 Å². The summed E-state index contributed by atoms with van der Waals surface area (Å²) in [6.07, 6.45) is 9.18. The van der Waals surface area contributed by atoms with Crippen LogP contribution in [0.2, 0.25) is 0 Å². The number of fused-ring (bicyclic) bond motifs is 1. The van der Waals surface area contributed by atoms with Crippen molar-refractivity contribution in [3.8, 4) is 0 Å². The first-order valence-electron chi connectivity index (χ1n) is 8.83. The van der Waals surface area contributed by atoms with E-state index in [0.29, 0.717) is 5.92 Å². The molecule has 0 bridgehead atoms. The van der Waals surface area contributed by atoms with Crippen molar-refractivity contribution in [3.63, 3.8) is 0 Å². The zero-order valence-corrected chi connectivity index (χ0v) is 14.6. The Hall–Kier alpha value is -1.32. The fourth-order valence-electron chi connectivity index (χ4n) is 5.36. The van der Waals surface area contributed by atoms with Crippen LogP contribution < -0.4 is 0 Å². The van der Waals surface area contributed by atoms with Crippen molar-refractivity contribution in [1.29, 1.82) is 0 Å². The summed E-state index contributed by atoms with van der Waals surface area (Å²) in [5.74, 6) is -0.788. The molecule has 0 saturated heterocycles. The van der Waals surface area contributed by atoms with Gasteiger partial charge in [-0.15, -0.1) is 0 Å². The van der Waals surface area contributed by atoms with Crippen LogP contribution >= 0.6 is 0 Å². The van der Waals surface area contributed by atoms with Gasteiger partial charge in [-0.3, -0.25) is 4.79 Å². The van der Waals surface area contributed by atoms with Crippen molar-refractivity contribution < 1.29 is 19.8 Å². The van der Waals surface area contributed by atoms with Crippen LogP contribution in [0, 0.1) is 22.7 Å². The zero-order valence-electron chi connectivity index (χ0n) is 14.6. The molecule has 0 heterocycles. The highest BCUT2D eigenvalue weighted by atomic mass is 16.4. The van der Waals surface area contributed by atoms with Crippen LogP contribution in [0.4, 0.5) is 0 Å². The van der Waals surface area contributed by atoms with Gasteiger partial charge in [0.05, 0.1) is 5.41 Å². The Morgan fingerprint density at radius 1 is 1.13 bits per heavy atom. The number of hydrogen-bond acceptors (Lipinski definition) is 2. The van der Waals surface area contributed by atoms with Crippen molar-refractivity contribution in [2.24, 2.45) is 22.7 Å². The van der Waals surface area contributed by atoms with Crippen molar-refractivity contribution in [2.45, 2.75) is 72.1 Å². The average molecular weight is 322 g/mol. The molecular formula is C19H30O4. The second-order valence-corrected chi connectivity index (χ2v) is 8.13. The average Bonchev–Trinajstić information content (AvgIpc) is 2.44. The van der Waals surface area contributed by atoms with Gasteiger partial charge in [0.1, 0.15) is 0 Å². The fourth-order valence-corrected chi connectivity index (χ4v) is 5.36. The SMILES string of the molecule is C/C(=C\C(=O)O)CCC1CCCC2C(C)(C(=O)O)CCCC12C. The lowest BCUT2D eigenvalue weighted by atomic mass is 9.47. The van der Waals surface area contributed by atoms with Crippen LogP contribution in [0.5, 0.6) is 0 Å². The molecule has 0 aromatic carbocycles. The largest absolute Gasteiger partial charge is 0.481 e. The lowest BCUT2D eigenvalue weighted by molar-refractivity contribution is -0.166. The lowest BCUT2D eigenvalue weighted by Gasteiger charge is -2.56. The molecule has 0 aromatic heterocycles. The van der Waals surface area contributed by atoms with Gasteiger partial charge in [0, 0.05) is 6.08 Å². The molecule has 4 heteroatoms. The number of carbonyl (C=O) groups is 2. The number of aliphatic carboxylic acids is 2. The minimum Gasteiger partial charge on any atom is -0.481 e. The van der Waals surface area contributed by atoms with Gasteiger partial charge in [-0.1, -0.05) is 25.3 Å². The quantitative estimate of drug-likeness (QED) is 0.731. The topological polar surface area (TPSA) is 74.6 Å². The second kappa shape index (κ2) is 6.66. The van der Waals surface area contributed by atoms with Crippen LogP contribution in [-0.2, 0) is 9.59 Å². The zero-order chi connectivity index (χ0) is 17.3. The molecule has 2 aliphatic rings. The van der Waals surface area contributed by atoms with Crippen molar-refractivity contribution >= 4 is 11.9 Å². The summed E-state index contributed by atoms with van der Waals surface area (Å²) in [6, 6.07) is 0. The standard InChI is InChI=1S/C19H30O4/c1-13(12-16(20)21)8-9-14-6-4-7-15-18(14,2)10-5-11-19(15,3)17(22)23/h12,14-15H,4-11H2,1-3H3,(H,20,21)(H,22,23)/b13-12+. The summed E-state index contributed by atoms with van der Waals surface area (Å²) in [5.41, 5.74) is 0.380. The highest BCUT2D eigenvalue weighted by Gasteiger charge is 2.56. The first-order chi connectivity index (χ1) is 10.7. The van der Waals surface area contributed by atoms with Crippen LogP contribution in [-0.4, -0.2) is 22.2 Å². The third-order valence-corrected chi connectivity index (χ3v) is 6.70. The van der Waals surface area contributed by atoms with E-state index in [0.717, 1.165) is 56.9 Å². The predicted octanol–water partition coefficient (Wildman–Crippen LogP) is 4.49. The minimum absolute atomic E-state index is 0.0765. The summed E-state index contributed by atoms with van der Waals surface area (Å²) in [7, 11) is 0. The van der Waals surface area contributed by atoms with Crippen LogP contribution in [0.3, 0.4) is 0 Å². The second-order valence-electron chi connectivity index (χ2n) is 8.13. The van der Waals surface area contributed by atoms with E-state index in [2.05, 4.69) is 6.92 Å². The minimum atomic E-state index is -0.883. The molecule has 2 rings (SSSR count). The summed E-state index contributed by atoms with van der Waals surface area (Å²) in [4.78, 5) is 22.7. The number of allylic oxidation sites excluding steroid dienone is 1. The van der Waals surface area contributed by atoms with Gasteiger partial charge in [-0.05, 0) is 69.6 Å². The highest BCUT2D eigenvalue weighted by molar-refractivity contribution is 5.80. The molecule has 23 heavy (non-hydrogen) atoms. The first kappa shape index (κ1) is 18.0. The van der Waals surface area contributed by atoms with E-state index in [-0.39, 0.29) is 11.3 Å². The smallest absolute Gasteiger partial charge is 0.328 e. The Labute approximate surface area is 139 Å². The normalized spacial score (nSPS) is 38.0. The van der Waals surface area contributed by atoms with E-state index in [1.807, 2.05) is 13.8 Å². The maximum absolute atomic E-state index is 11.9. The molecule has 0 spiro atoms. The summed E-state index contributed by atoms with van der Waals surface area (Å²) in [6.45, 7) is 6.10. The number of hydrogen-bond donors (Lipinski definition) is 2. The van der Waals surface area contributed by atoms with Crippen LogP contribution in [0.1, 0.15) is 72.1 Å². The Balaban J connectivity index is 2.16. The highest BCUT2D eigenvalue weighted by Crippen LogP contribution is 2.61. The van der Waals surface area contributed by atoms with Gasteiger partial charge in [-0.2, -0.15) is 0 Å². The first-order valence-corrected chi connectivity index (χ1v) is 8.83. The molecule has 0 aliphatic heterocycles. The van der Waals surface area contributed by atoms with Gasteiger partial charge in [0.25, 0.3) is 0 Å². The fraction of sp³-hybridized carbons (Fsp3) is 0.789. The third-order valence-electron chi connectivity index (χ3n) is 6.70. The third kappa shape index (κ3) is 3.46. The van der Waals surface area contributed by atoms with Gasteiger partial charge >= 0.3 is 11.9 Å². The summed E-state index contributed by atoms with van der Waals surface area (Å²) < 4.78 is 0. The summed E-state index contributed by atoms with van der Waals surface area (Å²) in [5, 5.41) is 18.6. The van der Waals surface area contributed by atoms with Crippen molar-refractivity contribution in [2.75, 3.05) is 0 Å². The maximum atomic E-state index is 11.9. The van der Waals surface area contributed by atoms with E-state index in [9.17, 15) is 14.7 Å². The molecule has 0 amide bonds. The van der Waals surface area contributed by atoms with E-state index < -0.39 is 17.4 Å². The Kier molecular flexibility index (Phi) is 5.22. The number of carboxylic acids is 2. The molecule has 4 unspecified atom stereocenters. The molecule has 2 saturated carbocycles. The Morgan fingerprint density at radius 3 is 2.43 bits per heavy atom. The molecule has 130 valence electrons. The Bertz CT molecular complexity index is 509. The number of rotatable bonds is 5. The van der Waals surface area contributed by atoms with Crippen molar-refractivity contribution in [1.82, 2.24) is 0 Å². The van der Waals surface area contributed by atoms with Gasteiger partial charge in [0.15, 0.2) is 0 Å². The van der Waals surface area contributed by atoms with E-state index in [1.54, 1.807) is 0 Å². The van der Waals surface area contributed by atoms with E-state index >= 15 is 0 Å². The monoisotopic (exact) mass is 322 g/mol. The van der Waals surface area contributed by atoms with Gasteiger partial charge in [-0.25, -0.2) is 4.79 Å². The molecule has 4 nitrogen and oxygen atoms in total. The summed E-state index contributed by atoms with van der Waals surface area (Å²) >= 11 is 0. The number of carboxylic acid groups (broad SMARTS) is 2. The Morgan fingerprint density at radius 2 is 1.83 bits per heavy atom. The van der Waals surface area contributed by atoms with Gasteiger partial charge in [0.2, 0.25) is 0 Å².